The predicted octanol–water partition coefficient (Wildman–Crippen LogP) is 4.63. The molecule has 1 aliphatic heterocycles. The van der Waals surface area contributed by atoms with Gasteiger partial charge in [-0.05, 0) is 61.7 Å². The van der Waals surface area contributed by atoms with Gasteiger partial charge in [0.2, 0.25) is 0 Å². The monoisotopic (exact) mass is 482 g/mol. The van der Waals surface area contributed by atoms with Crippen LogP contribution in [0.2, 0.25) is 0 Å². The van der Waals surface area contributed by atoms with E-state index in [2.05, 4.69) is 10.6 Å². The Morgan fingerprint density at radius 3 is 2.17 bits per heavy atom. The highest BCUT2D eigenvalue weighted by Gasteiger charge is 2.29. The molecule has 0 aliphatic carbocycles. The second kappa shape index (κ2) is 10.0. The third-order valence-corrected chi connectivity index (χ3v) is 6.12. The Hall–Kier alpha value is -3.49. The van der Waals surface area contributed by atoms with Crippen LogP contribution in [0.3, 0.4) is 0 Å². The molecule has 1 atom stereocenters. The van der Waals surface area contributed by atoms with E-state index in [1.54, 1.807) is 24.3 Å². The topological polar surface area (TPSA) is 90.8 Å². The molecule has 184 valence electrons. The molecule has 4 rings (SSSR count). The maximum absolute atomic E-state index is 13.5. The summed E-state index contributed by atoms with van der Waals surface area (Å²) in [4.78, 5) is 11.6. The third kappa shape index (κ3) is 5.96. The van der Waals surface area contributed by atoms with E-state index >= 15 is 0 Å². The van der Waals surface area contributed by atoms with Crippen LogP contribution in [0.5, 0.6) is 11.5 Å². The molecule has 0 saturated heterocycles. The number of amides is 1. The van der Waals surface area contributed by atoms with Crippen LogP contribution in [0.4, 0.5) is 14.5 Å². The van der Waals surface area contributed by atoms with Crippen LogP contribution in [0.25, 0.3) is 0 Å². The van der Waals surface area contributed by atoms with Crippen molar-refractivity contribution in [2.75, 3.05) is 18.5 Å². The normalized spacial score (nSPS) is 14.3. The van der Waals surface area contributed by atoms with E-state index < -0.39 is 11.6 Å². The van der Waals surface area contributed by atoms with Gasteiger partial charge in [-0.15, -0.1) is 0 Å². The van der Waals surface area contributed by atoms with E-state index in [9.17, 15) is 23.8 Å². The summed E-state index contributed by atoms with van der Waals surface area (Å²) in [6, 6.07) is 15.3. The van der Waals surface area contributed by atoms with Crippen molar-refractivity contribution in [3.8, 4) is 11.5 Å². The number of hydrogen-bond donors (Lipinski definition) is 4. The van der Waals surface area contributed by atoms with Crippen LogP contribution in [0.15, 0.2) is 60.7 Å². The largest absolute Gasteiger partial charge is 0.508 e. The summed E-state index contributed by atoms with van der Waals surface area (Å²) in [5, 5.41) is 27.0. The standard InChI is InChI=1S/C27H28F2N2O4/c1-27(2,13-22(16-3-7-18(28)8-4-16)17-5-9-19(29)10-6-17)30-14-24(33)21-11-20(32)12-23-26(21)35-15-25(34)31-23/h3-12,22,24,30,32-33H,13-15H2,1-2H3,(H,31,34)/t24-/m0/s1. The van der Waals surface area contributed by atoms with Gasteiger partial charge in [0.25, 0.3) is 5.91 Å². The van der Waals surface area contributed by atoms with E-state index in [0.29, 0.717) is 23.4 Å². The van der Waals surface area contributed by atoms with Crippen LogP contribution in [-0.4, -0.2) is 34.8 Å². The summed E-state index contributed by atoms with van der Waals surface area (Å²) >= 11 is 0. The van der Waals surface area contributed by atoms with E-state index in [1.807, 2.05) is 13.8 Å². The minimum Gasteiger partial charge on any atom is -0.508 e. The number of nitrogens with one attached hydrogen (secondary N) is 2. The number of β-amino-alcohol motifs (C(OH)–C–C–N with tert-alkyl or cyclic N) is 1. The molecule has 1 amide bonds. The Bertz CT molecular complexity index is 1150. The molecule has 6 nitrogen and oxygen atoms in total. The molecular weight excluding hydrogens is 454 g/mol. The quantitative estimate of drug-likeness (QED) is 0.376. The number of carbonyl (C=O) groups excluding carboxylic acids is 1. The van der Waals surface area contributed by atoms with Gasteiger partial charge in [-0.2, -0.15) is 0 Å². The number of phenolic OH excluding ortho intramolecular Hbond substituents is 1. The lowest BCUT2D eigenvalue weighted by Gasteiger charge is -2.33. The molecule has 35 heavy (non-hydrogen) atoms. The molecule has 1 aliphatic rings. The summed E-state index contributed by atoms with van der Waals surface area (Å²) in [7, 11) is 0. The molecule has 3 aromatic carbocycles. The maximum atomic E-state index is 13.5. The number of halogens is 2. The molecule has 1 heterocycles. The van der Waals surface area contributed by atoms with Crippen LogP contribution in [0, 0.1) is 11.6 Å². The van der Waals surface area contributed by atoms with Crippen LogP contribution in [0.1, 0.15) is 49.0 Å². The molecule has 0 fully saturated rings. The first-order chi connectivity index (χ1) is 16.6. The second-order valence-electron chi connectivity index (χ2n) is 9.39. The highest BCUT2D eigenvalue weighted by Crippen LogP contribution is 2.39. The minimum absolute atomic E-state index is 0.101. The highest BCUT2D eigenvalue weighted by molar-refractivity contribution is 5.96. The van der Waals surface area contributed by atoms with Gasteiger partial charge in [0.15, 0.2) is 6.61 Å². The van der Waals surface area contributed by atoms with Gasteiger partial charge in [0.1, 0.15) is 23.1 Å². The number of anilines is 1. The molecule has 0 radical (unpaired) electrons. The number of benzene rings is 3. The number of ether oxygens (including phenoxy) is 1. The van der Waals surface area contributed by atoms with Crippen molar-refractivity contribution in [1.29, 1.82) is 0 Å². The smallest absolute Gasteiger partial charge is 0.262 e. The molecular formula is C27H28F2N2O4. The van der Waals surface area contributed by atoms with Crippen molar-refractivity contribution in [1.82, 2.24) is 5.32 Å². The SMILES string of the molecule is CC(C)(CC(c1ccc(F)cc1)c1ccc(F)cc1)NC[C@H](O)c1cc(O)cc2c1OCC(=O)N2. The number of rotatable bonds is 8. The van der Waals surface area contributed by atoms with Gasteiger partial charge in [0.05, 0.1) is 11.8 Å². The van der Waals surface area contributed by atoms with Crippen molar-refractivity contribution in [2.24, 2.45) is 0 Å². The fraction of sp³-hybridized carbons (Fsp3) is 0.296. The zero-order valence-electron chi connectivity index (χ0n) is 19.5. The zero-order valence-corrected chi connectivity index (χ0v) is 19.5. The fourth-order valence-electron chi connectivity index (χ4n) is 4.34. The van der Waals surface area contributed by atoms with E-state index in [1.165, 1.54) is 36.4 Å². The van der Waals surface area contributed by atoms with Crippen LogP contribution in [-0.2, 0) is 4.79 Å². The third-order valence-electron chi connectivity index (χ3n) is 6.12. The highest BCUT2D eigenvalue weighted by atomic mass is 19.1. The molecule has 4 N–H and O–H groups in total. The number of phenols is 1. The van der Waals surface area contributed by atoms with Crippen LogP contribution < -0.4 is 15.4 Å². The minimum atomic E-state index is -1.03. The maximum Gasteiger partial charge on any atom is 0.262 e. The molecule has 0 bridgehead atoms. The summed E-state index contributed by atoms with van der Waals surface area (Å²) in [6.45, 7) is 3.93. The number of hydrogen-bond acceptors (Lipinski definition) is 5. The van der Waals surface area contributed by atoms with E-state index in [0.717, 1.165) is 11.1 Å². The van der Waals surface area contributed by atoms with Crippen molar-refractivity contribution in [3.63, 3.8) is 0 Å². The average molecular weight is 483 g/mol. The predicted molar refractivity (Wildman–Crippen MR) is 129 cm³/mol. The Balaban J connectivity index is 1.52. The summed E-state index contributed by atoms with van der Waals surface area (Å²) < 4.78 is 32.6. The summed E-state index contributed by atoms with van der Waals surface area (Å²) in [6.07, 6.45) is -0.456. The molecule has 0 saturated carbocycles. The van der Waals surface area contributed by atoms with Gasteiger partial charge >= 0.3 is 0 Å². The molecule has 0 aromatic heterocycles. The Labute approximate surface area is 202 Å². The fourth-order valence-corrected chi connectivity index (χ4v) is 4.34. The van der Waals surface area contributed by atoms with Crippen molar-refractivity contribution < 1.29 is 28.5 Å². The van der Waals surface area contributed by atoms with Gasteiger partial charge in [-0.3, -0.25) is 4.79 Å². The lowest BCUT2D eigenvalue weighted by Crippen LogP contribution is -2.43. The lowest BCUT2D eigenvalue weighted by atomic mass is 9.81. The van der Waals surface area contributed by atoms with Crippen molar-refractivity contribution in [2.45, 2.75) is 37.8 Å². The zero-order chi connectivity index (χ0) is 25.2. The van der Waals surface area contributed by atoms with E-state index in [-0.39, 0.29) is 42.4 Å². The first kappa shape index (κ1) is 24.6. The van der Waals surface area contributed by atoms with Gasteiger partial charge < -0.3 is 25.6 Å². The first-order valence-corrected chi connectivity index (χ1v) is 11.3. The van der Waals surface area contributed by atoms with Crippen molar-refractivity contribution >= 4 is 11.6 Å². The molecule has 0 spiro atoms. The average Bonchev–Trinajstić information content (AvgIpc) is 2.81. The summed E-state index contributed by atoms with van der Waals surface area (Å²) in [5.74, 6) is -0.932. The lowest BCUT2D eigenvalue weighted by molar-refractivity contribution is -0.118. The van der Waals surface area contributed by atoms with Crippen LogP contribution >= 0.6 is 0 Å². The summed E-state index contributed by atoms with van der Waals surface area (Å²) in [5.41, 5.74) is 1.94. The Morgan fingerprint density at radius 2 is 1.60 bits per heavy atom. The Kier molecular flexibility index (Phi) is 7.05. The number of aliphatic hydroxyl groups is 1. The van der Waals surface area contributed by atoms with Gasteiger partial charge in [0, 0.05) is 29.6 Å². The van der Waals surface area contributed by atoms with E-state index in [4.69, 9.17) is 4.74 Å². The second-order valence-corrected chi connectivity index (χ2v) is 9.39. The molecule has 3 aromatic rings. The number of fused-ring (bicyclic) bond motifs is 1. The Morgan fingerprint density at radius 1 is 1.03 bits per heavy atom. The van der Waals surface area contributed by atoms with Gasteiger partial charge in [-0.1, -0.05) is 24.3 Å². The van der Waals surface area contributed by atoms with Gasteiger partial charge in [-0.25, -0.2) is 8.78 Å². The molecule has 8 heteroatoms. The first-order valence-electron chi connectivity index (χ1n) is 11.3. The number of carbonyl (C=O) groups is 1. The number of aromatic hydroxyl groups is 1. The molecule has 0 unspecified atom stereocenters. The van der Waals surface area contributed by atoms with Crippen molar-refractivity contribution in [3.05, 3.63) is 89.0 Å². The number of aliphatic hydroxyl groups excluding tert-OH is 1.